The van der Waals surface area contributed by atoms with Gasteiger partial charge in [0.1, 0.15) is 0 Å². The molecular formula is C26H27N5O. The fourth-order valence-corrected chi connectivity index (χ4v) is 4.49. The maximum atomic E-state index is 13.3. The molecule has 1 N–H and O–H groups in total. The van der Waals surface area contributed by atoms with Crippen LogP contribution in [-0.2, 0) is 19.5 Å². The SMILES string of the molecule is Cc1ccccc1Cc1c(-c2ccnc(NC(C)c3ccccc3)n2)n2n(c1=O)CCC2. The molecular weight excluding hydrogens is 398 g/mol. The average molecular weight is 426 g/mol. The smallest absolute Gasteiger partial charge is 0.270 e. The summed E-state index contributed by atoms with van der Waals surface area (Å²) in [7, 11) is 0. The number of nitrogens with zero attached hydrogens (tertiary/aromatic N) is 4. The summed E-state index contributed by atoms with van der Waals surface area (Å²) < 4.78 is 3.97. The monoisotopic (exact) mass is 425 g/mol. The minimum atomic E-state index is 0.0698. The summed E-state index contributed by atoms with van der Waals surface area (Å²) in [4.78, 5) is 22.6. The van der Waals surface area contributed by atoms with Crippen molar-refractivity contribution in [2.24, 2.45) is 0 Å². The van der Waals surface area contributed by atoms with E-state index in [1.165, 1.54) is 16.7 Å². The molecule has 0 radical (unpaired) electrons. The maximum absolute atomic E-state index is 13.3. The van der Waals surface area contributed by atoms with Gasteiger partial charge in [0.15, 0.2) is 0 Å². The highest BCUT2D eigenvalue weighted by atomic mass is 16.1. The zero-order valence-electron chi connectivity index (χ0n) is 18.5. The van der Waals surface area contributed by atoms with Crippen molar-refractivity contribution >= 4 is 5.95 Å². The van der Waals surface area contributed by atoms with Gasteiger partial charge in [-0.15, -0.1) is 0 Å². The quantitative estimate of drug-likeness (QED) is 0.491. The van der Waals surface area contributed by atoms with Crippen molar-refractivity contribution < 1.29 is 0 Å². The molecule has 0 amide bonds. The molecule has 162 valence electrons. The van der Waals surface area contributed by atoms with E-state index in [9.17, 15) is 4.79 Å². The summed E-state index contributed by atoms with van der Waals surface area (Å²) in [5, 5.41) is 3.40. The van der Waals surface area contributed by atoms with Crippen LogP contribution in [0.3, 0.4) is 0 Å². The van der Waals surface area contributed by atoms with Crippen LogP contribution in [-0.4, -0.2) is 19.3 Å². The van der Waals surface area contributed by atoms with Crippen LogP contribution >= 0.6 is 0 Å². The van der Waals surface area contributed by atoms with Crippen LogP contribution in [0.5, 0.6) is 0 Å². The molecule has 1 aliphatic heterocycles. The summed E-state index contributed by atoms with van der Waals surface area (Å²) in [6, 6.07) is 20.5. The van der Waals surface area contributed by atoms with Gasteiger partial charge in [-0.2, -0.15) is 0 Å². The van der Waals surface area contributed by atoms with Gasteiger partial charge >= 0.3 is 0 Å². The van der Waals surface area contributed by atoms with Crippen LogP contribution in [0.15, 0.2) is 71.7 Å². The lowest BCUT2D eigenvalue weighted by molar-refractivity contribution is 0.598. The Kier molecular flexibility index (Phi) is 5.35. The Morgan fingerprint density at radius 2 is 1.75 bits per heavy atom. The molecule has 4 aromatic rings. The van der Waals surface area contributed by atoms with Crippen molar-refractivity contribution in [2.45, 2.75) is 45.8 Å². The normalized spacial score (nSPS) is 13.7. The predicted octanol–water partition coefficient (Wildman–Crippen LogP) is 4.58. The molecule has 0 fully saturated rings. The Labute approximate surface area is 187 Å². The Hall–Kier alpha value is -3.67. The second-order valence-corrected chi connectivity index (χ2v) is 8.38. The number of hydrogen-bond acceptors (Lipinski definition) is 4. The summed E-state index contributed by atoms with van der Waals surface area (Å²) >= 11 is 0. The largest absolute Gasteiger partial charge is 0.348 e. The van der Waals surface area contributed by atoms with Gasteiger partial charge in [-0.1, -0.05) is 54.6 Å². The lowest BCUT2D eigenvalue weighted by atomic mass is 9.99. The number of nitrogens with one attached hydrogen (secondary N) is 1. The van der Waals surface area contributed by atoms with E-state index in [-0.39, 0.29) is 11.6 Å². The lowest BCUT2D eigenvalue weighted by Gasteiger charge is -2.15. The van der Waals surface area contributed by atoms with Gasteiger partial charge in [0.05, 0.1) is 23.0 Å². The zero-order valence-corrected chi connectivity index (χ0v) is 18.5. The van der Waals surface area contributed by atoms with E-state index in [0.717, 1.165) is 36.5 Å². The number of aromatic nitrogens is 4. The molecule has 0 spiro atoms. The number of fused-ring (bicyclic) bond motifs is 1. The van der Waals surface area contributed by atoms with Gasteiger partial charge in [-0.3, -0.25) is 9.48 Å². The first-order valence-electron chi connectivity index (χ1n) is 11.1. The molecule has 6 heteroatoms. The molecule has 3 heterocycles. The summed E-state index contributed by atoms with van der Waals surface area (Å²) in [5.41, 5.74) is 6.11. The predicted molar refractivity (Wildman–Crippen MR) is 127 cm³/mol. The Bertz CT molecular complexity index is 1310. The number of hydrogen-bond donors (Lipinski definition) is 1. The molecule has 1 atom stereocenters. The summed E-state index contributed by atoms with van der Waals surface area (Å²) in [5.74, 6) is 0.562. The minimum absolute atomic E-state index is 0.0698. The molecule has 1 unspecified atom stereocenters. The summed E-state index contributed by atoms with van der Waals surface area (Å²) in [6.07, 6.45) is 3.33. The average Bonchev–Trinajstić information content (AvgIpc) is 3.38. The van der Waals surface area contributed by atoms with Crippen molar-refractivity contribution in [2.75, 3.05) is 5.32 Å². The number of aryl methyl sites for hydroxylation is 1. The fraction of sp³-hybridized carbons (Fsp3) is 0.269. The van der Waals surface area contributed by atoms with Crippen molar-refractivity contribution in [3.05, 3.63) is 99.5 Å². The topological polar surface area (TPSA) is 64.7 Å². The molecule has 5 rings (SSSR count). The highest BCUT2D eigenvalue weighted by Gasteiger charge is 2.25. The van der Waals surface area contributed by atoms with Crippen LogP contribution in [0.4, 0.5) is 5.95 Å². The molecule has 0 saturated carbocycles. The van der Waals surface area contributed by atoms with Gasteiger partial charge < -0.3 is 5.32 Å². The van der Waals surface area contributed by atoms with Gasteiger partial charge in [0.2, 0.25) is 5.95 Å². The van der Waals surface area contributed by atoms with Crippen molar-refractivity contribution in [1.29, 1.82) is 0 Å². The second kappa shape index (κ2) is 8.46. The number of rotatable bonds is 6. The first-order chi connectivity index (χ1) is 15.6. The lowest BCUT2D eigenvalue weighted by Crippen LogP contribution is -2.19. The van der Waals surface area contributed by atoms with E-state index in [1.807, 2.05) is 41.1 Å². The standard InChI is InChI=1S/C26H27N5O/c1-18-9-6-7-12-21(18)17-22-24(30-15-8-16-31(30)25(22)32)23-13-14-27-26(29-23)28-19(2)20-10-4-3-5-11-20/h3-7,9-14,19H,8,15-17H2,1-2H3,(H,27,28,29). The number of benzene rings is 2. The van der Waals surface area contributed by atoms with Gasteiger partial charge in [-0.25, -0.2) is 14.6 Å². The van der Waals surface area contributed by atoms with Crippen LogP contribution in [0, 0.1) is 6.92 Å². The van der Waals surface area contributed by atoms with Gasteiger partial charge in [-0.05, 0) is 43.0 Å². The molecule has 2 aromatic carbocycles. The molecule has 32 heavy (non-hydrogen) atoms. The van der Waals surface area contributed by atoms with E-state index in [2.05, 4.69) is 53.1 Å². The van der Waals surface area contributed by atoms with Crippen LogP contribution in [0.2, 0.25) is 0 Å². The Balaban J connectivity index is 1.54. The molecule has 2 aromatic heterocycles. The summed E-state index contributed by atoms with van der Waals surface area (Å²) in [6.45, 7) is 5.76. The third kappa shape index (κ3) is 3.73. The van der Waals surface area contributed by atoms with Gasteiger partial charge in [0.25, 0.3) is 5.56 Å². The van der Waals surface area contributed by atoms with E-state index < -0.39 is 0 Å². The van der Waals surface area contributed by atoms with Gasteiger partial charge in [0, 0.05) is 25.7 Å². The second-order valence-electron chi connectivity index (χ2n) is 8.38. The van der Waals surface area contributed by atoms with Crippen molar-refractivity contribution in [1.82, 2.24) is 19.3 Å². The molecule has 0 bridgehead atoms. The Morgan fingerprint density at radius 3 is 2.56 bits per heavy atom. The molecule has 1 aliphatic rings. The third-order valence-electron chi connectivity index (χ3n) is 6.24. The first kappa shape index (κ1) is 20.2. The zero-order chi connectivity index (χ0) is 22.1. The highest BCUT2D eigenvalue weighted by Crippen LogP contribution is 2.27. The molecule has 0 aliphatic carbocycles. The van der Waals surface area contributed by atoms with E-state index >= 15 is 0 Å². The Morgan fingerprint density at radius 1 is 1.00 bits per heavy atom. The van der Waals surface area contributed by atoms with E-state index in [4.69, 9.17) is 4.98 Å². The van der Waals surface area contributed by atoms with E-state index in [0.29, 0.717) is 12.4 Å². The van der Waals surface area contributed by atoms with Crippen molar-refractivity contribution in [3.8, 4) is 11.4 Å². The maximum Gasteiger partial charge on any atom is 0.270 e. The molecule has 6 nitrogen and oxygen atoms in total. The first-order valence-corrected chi connectivity index (χ1v) is 11.1. The fourth-order valence-electron chi connectivity index (χ4n) is 4.49. The number of anilines is 1. The van der Waals surface area contributed by atoms with Crippen LogP contribution in [0.1, 0.15) is 41.6 Å². The van der Waals surface area contributed by atoms with Crippen LogP contribution in [0.25, 0.3) is 11.4 Å². The molecule has 0 saturated heterocycles. The van der Waals surface area contributed by atoms with Crippen molar-refractivity contribution in [3.63, 3.8) is 0 Å². The minimum Gasteiger partial charge on any atom is -0.348 e. The third-order valence-corrected chi connectivity index (χ3v) is 6.24. The van der Waals surface area contributed by atoms with E-state index in [1.54, 1.807) is 6.20 Å². The highest BCUT2D eigenvalue weighted by molar-refractivity contribution is 5.61. The van der Waals surface area contributed by atoms with Crippen LogP contribution < -0.4 is 10.9 Å².